The smallest absolute Gasteiger partial charge is 0.0635 e. The Kier molecular flexibility index (Phi) is 4.19. The van der Waals surface area contributed by atoms with Gasteiger partial charge in [-0.2, -0.15) is 5.10 Å². The summed E-state index contributed by atoms with van der Waals surface area (Å²) in [5.41, 5.74) is 8.57. The molecule has 2 aromatic rings. The maximum Gasteiger partial charge on any atom is 0.0635 e. The van der Waals surface area contributed by atoms with E-state index in [2.05, 4.69) is 47.0 Å². The summed E-state index contributed by atoms with van der Waals surface area (Å²) in [6.45, 7) is 4.24. The Bertz CT molecular complexity index is 505. The fourth-order valence-corrected chi connectivity index (χ4v) is 2.46. The summed E-state index contributed by atoms with van der Waals surface area (Å²) in [6, 6.07) is 10.5. The van der Waals surface area contributed by atoms with Gasteiger partial charge in [0.1, 0.15) is 0 Å². The van der Waals surface area contributed by atoms with Crippen molar-refractivity contribution < 1.29 is 0 Å². The molecule has 0 fully saturated rings. The Morgan fingerprint density at radius 1 is 1.28 bits per heavy atom. The van der Waals surface area contributed by atoms with Gasteiger partial charge in [0.2, 0.25) is 0 Å². The standard InChI is InChI=1S/C14H18BrN3/c1-10(2)18-14(12(15)9-17-18)8-13(16)11-6-4-3-5-7-11/h3-7,9-10,13H,8,16H2,1-2H3. The molecule has 18 heavy (non-hydrogen) atoms. The van der Waals surface area contributed by atoms with Gasteiger partial charge < -0.3 is 5.73 Å². The van der Waals surface area contributed by atoms with Crippen LogP contribution in [0.5, 0.6) is 0 Å². The fourth-order valence-electron chi connectivity index (χ4n) is 2.03. The zero-order chi connectivity index (χ0) is 13.1. The van der Waals surface area contributed by atoms with Crippen LogP contribution in [-0.2, 0) is 6.42 Å². The molecule has 4 heteroatoms. The summed E-state index contributed by atoms with van der Waals surface area (Å²) in [6.07, 6.45) is 2.62. The van der Waals surface area contributed by atoms with Crippen molar-refractivity contribution in [2.75, 3.05) is 0 Å². The second-order valence-corrected chi connectivity index (χ2v) is 5.55. The second kappa shape index (κ2) is 5.67. The largest absolute Gasteiger partial charge is 0.324 e. The summed E-state index contributed by atoms with van der Waals surface area (Å²) in [7, 11) is 0. The van der Waals surface area contributed by atoms with Crippen molar-refractivity contribution in [2.24, 2.45) is 5.73 Å². The molecule has 0 radical (unpaired) electrons. The first-order valence-electron chi connectivity index (χ1n) is 6.12. The van der Waals surface area contributed by atoms with Crippen molar-refractivity contribution in [3.63, 3.8) is 0 Å². The lowest BCUT2D eigenvalue weighted by atomic mass is 10.0. The van der Waals surface area contributed by atoms with Gasteiger partial charge in [0.25, 0.3) is 0 Å². The number of hydrogen-bond donors (Lipinski definition) is 1. The van der Waals surface area contributed by atoms with Crippen molar-refractivity contribution in [1.29, 1.82) is 0 Å². The van der Waals surface area contributed by atoms with E-state index in [0.29, 0.717) is 6.04 Å². The Hall–Kier alpha value is -1.13. The van der Waals surface area contributed by atoms with E-state index < -0.39 is 0 Å². The van der Waals surface area contributed by atoms with Gasteiger partial charge in [-0.3, -0.25) is 4.68 Å². The monoisotopic (exact) mass is 307 g/mol. The number of hydrogen-bond acceptors (Lipinski definition) is 2. The minimum atomic E-state index is -0.00306. The zero-order valence-electron chi connectivity index (χ0n) is 10.7. The molecule has 2 rings (SSSR count). The maximum absolute atomic E-state index is 6.26. The van der Waals surface area contributed by atoms with Crippen LogP contribution in [-0.4, -0.2) is 9.78 Å². The molecule has 0 bridgehead atoms. The van der Waals surface area contributed by atoms with Crippen molar-refractivity contribution in [2.45, 2.75) is 32.4 Å². The average molecular weight is 308 g/mol. The summed E-state index contributed by atoms with van der Waals surface area (Å²) in [5, 5.41) is 4.38. The van der Waals surface area contributed by atoms with E-state index in [1.807, 2.05) is 29.1 Å². The summed E-state index contributed by atoms with van der Waals surface area (Å²) in [4.78, 5) is 0. The molecule has 3 nitrogen and oxygen atoms in total. The molecule has 0 spiro atoms. The molecule has 0 saturated heterocycles. The molecular formula is C14H18BrN3. The number of nitrogens with zero attached hydrogens (tertiary/aromatic N) is 2. The Labute approximate surface area is 116 Å². The molecule has 0 aliphatic rings. The van der Waals surface area contributed by atoms with Crippen LogP contribution in [0.25, 0.3) is 0 Å². The van der Waals surface area contributed by atoms with Crippen molar-refractivity contribution in [1.82, 2.24) is 9.78 Å². The molecule has 1 heterocycles. The predicted octanol–water partition coefficient (Wildman–Crippen LogP) is 3.47. The number of aromatic nitrogens is 2. The summed E-state index contributed by atoms with van der Waals surface area (Å²) in [5.74, 6) is 0. The second-order valence-electron chi connectivity index (χ2n) is 4.70. The van der Waals surface area contributed by atoms with Gasteiger partial charge in [-0.15, -0.1) is 0 Å². The number of rotatable bonds is 4. The van der Waals surface area contributed by atoms with Crippen LogP contribution in [0.4, 0.5) is 0 Å². The molecular weight excluding hydrogens is 290 g/mol. The van der Waals surface area contributed by atoms with Crippen molar-refractivity contribution in [3.05, 3.63) is 52.3 Å². The van der Waals surface area contributed by atoms with Gasteiger partial charge in [-0.1, -0.05) is 30.3 Å². The molecule has 0 saturated carbocycles. The van der Waals surface area contributed by atoms with Crippen molar-refractivity contribution >= 4 is 15.9 Å². The fraction of sp³-hybridized carbons (Fsp3) is 0.357. The molecule has 1 unspecified atom stereocenters. The van der Waals surface area contributed by atoms with E-state index in [1.54, 1.807) is 0 Å². The highest BCUT2D eigenvalue weighted by Gasteiger charge is 2.15. The average Bonchev–Trinajstić information content (AvgIpc) is 2.72. The van der Waals surface area contributed by atoms with Crippen LogP contribution in [0.3, 0.4) is 0 Å². The van der Waals surface area contributed by atoms with Gasteiger partial charge in [0.05, 0.1) is 16.4 Å². The third-order valence-corrected chi connectivity index (χ3v) is 3.64. The molecule has 1 aromatic carbocycles. The molecule has 0 amide bonds. The number of nitrogens with two attached hydrogens (primary N) is 1. The predicted molar refractivity (Wildman–Crippen MR) is 77.4 cm³/mol. The lowest BCUT2D eigenvalue weighted by Crippen LogP contribution is -2.17. The van der Waals surface area contributed by atoms with E-state index >= 15 is 0 Å². The molecule has 96 valence electrons. The van der Waals surface area contributed by atoms with Crippen LogP contribution >= 0.6 is 15.9 Å². The highest BCUT2D eigenvalue weighted by molar-refractivity contribution is 9.10. The lowest BCUT2D eigenvalue weighted by molar-refractivity contribution is 0.497. The topological polar surface area (TPSA) is 43.8 Å². The molecule has 1 atom stereocenters. The van der Waals surface area contributed by atoms with Crippen LogP contribution in [0.1, 0.15) is 37.2 Å². The first-order chi connectivity index (χ1) is 8.59. The van der Waals surface area contributed by atoms with Crippen molar-refractivity contribution in [3.8, 4) is 0 Å². The Morgan fingerprint density at radius 2 is 1.94 bits per heavy atom. The molecule has 0 aliphatic heterocycles. The minimum Gasteiger partial charge on any atom is -0.324 e. The quantitative estimate of drug-likeness (QED) is 0.940. The molecule has 1 aromatic heterocycles. The molecule has 0 aliphatic carbocycles. The zero-order valence-corrected chi connectivity index (χ0v) is 12.3. The van der Waals surface area contributed by atoms with Gasteiger partial charge in [-0.05, 0) is 35.3 Å². The van der Waals surface area contributed by atoms with Crippen LogP contribution < -0.4 is 5.73 Å². The SMILES string of the molecule is CC(C)n1ncc(Br)c1CC(N)c1ccccc1. The van der Waals surface area contributed by atoms with E-state index in [0.717, 1.165) is 22.2 Å². The Balaban J connectivity index is 2.22. The van der Waals surface area contributed by atoms with Gasteiger partial charge in [0, 0.05) is 18.5 Å². The first-order valence-corrected chi connectivity index (χ1v) is 6.91. The minimum absolute atomic E-state index is 0.00306. The van der Waals surface area contributed by atoms with E-state index in [-0.39, 0.29) is 6.04 Å². The first kappa shape index (κ1) is 13.3. The lowest BCUT2D eigenvalue weighted by Gasteiger charge is -2.16. The number of halogens is 1. The molecule has 2 N–H and O–H groups in total. The number of benzene rings is 1. The van der Waals surface area contributed by atoms with Crippen LogP contribution in [0, 0.1) is 0 Å². The highest BCUT2D eigenvalue weighted by Crippen LogP contribution is 2.24. The third kappa shape index (κ3) is 2.82. The highest BCUT2D eigenvalue weighted by atomic mass is 79.9. The summed E-state index contributed by atoms with van der Waals surface area (Å²) >= 11 is 3.55. The summed E-state index contributed by atoms with van der Waals surface area (Å²) < 4.78 is 3.05. The van der Waals surface area contributed by atoms with Gasteiger partial charge in [-0.25, -0.2) is 0 Å². The van der Waals surface area contributed by atoms with Gasteiger partial charge >= 0.3 is 0 Å². The normalized spacial score (nSPS) is 12.9. The maximum atomic E-state index is 6.26. The van der Waals surface area contributed by atoms with E-state index in [1.165, 1.54) is 0 Å². The van der Waals surface area contributed by atoms with Gasteiger partial charge in [0.15, 0.2) is 0 Å². The van der Waals surface area contributed by atoms with Crippen LogP contribution in [0.15, 0.2) is 41.0 Å². The van der Waals surface area contributed by atoms with E-state index in [4.69, 9.17) is 5.73 Å². The van der Waals surface area contributed by atoms with Crippen LogP contribution in [0.2, 0.25) is 0 Å². The van der Waals surface area contributed by atoms with E-state index in [9.17, 15) is 0 Å². The Morgan fingerprint density at radius 3 is 2.56 bits per heavy atom. The third-order valence-electron chi connectivity index (χ3n) is 2.98.